The molecular formula is C25H22FN3O2S. The fourth-order valence-electron chi connectivity index (χ4n) is 3.90. The maximum Gasteiger partial charge on any atom is 0.270 e. The van der Waals surface area contributed by atoms with Crippen LogP contribution >= 0.6 is 12.2 Å². The Labute approximate surface area is 191 Å². The predicted octanol–water partition coefficient (Wildman–Crippen LogP) is 4.68. The van der Waals surface area contributed by atoms with E-state index in [2.05, 4.69) is 28.1 Å². The molecule has 0 bridgehead atoms. The number of thiocarbonyl (C=S) groups is 1. The molecular weight excluding hydrogens is 425 g/mol. The topological polar surface area (TPSA) is 54.3 Å². The minimum atomic E-state index is -0.560. The number of carbonyl (C=O) groups is 2. The standard InChI is InChI=1S/C25H22FN3O2S/c1-14-5-6-15(2)22(11-14)28-16(3)12-18(17(28)4)13-21-23(30)27-25(32)29(24(21)31)20-9-7-19(26)8-10-20/h5-13H,1-4H3,(H,27,30,32)/b21-13-. The number of aryl methyl sites for hydroxylation is 3. The summed E-state index contributed by atoms with van der Waals surface area (Å²) < 4.78 is 15.4. The van der Waals surface area contributed by atoms with Crippen LogP contribution in [-0.2, 0) is 9.59 Å². The lowest BCUT2D eigenvalue weighted by atomic mass is 10.1. The molecule has 0 saturated carbocycles. The van der Waals surface area contributed by atoms with Crippen LogP contribution in [0.1, 0.15) is 28.1 Å². The van der Waals surface area contributed by atoms with Gasteiger partial charge in [-0.25, -0.2) is 4.39 Å². The lowest BCUT2D eigenvalue weighted by Gasteiger charge is -2.28. The predicted molar refractivity (Wildman–Crippen MR) is 127 cm³/mol. The molecule has 0 spiro atoms. The highest BCUT2D eigenvalue weighted by atomic mass is 32.1. The maximum absolute atomic E-state index is 13.3. The van der Waals surface area contributed by atoms with Crippen molar-refractivity contribution in [1.29, 1.82) is 0 Å². The van der Waals surface area contributed by atoms with E-state index in [1.807, 2.05) is 33.8 Å². The van der Waals surface area contributed by atoms with E-state index in [4.69, 9.17) is 12.2 Å². The number of carbonyl (C=O) groups excluding carboxylic acids is 2. The van der Waals surface area contributed by atoms with Gasteiger partial charge in [-0.2, -0.15) is 0 Å². The van der Waals surface area contributed by atoms with Gasteiger partial charge in [0.1, 0.15) is 11.4 Å². The van der Waals surface area contributed by atoms with E-state index in [9.17, 15) is 14.0 Å². The molecule has 0 atom stereocenters. The van der Waals surface area contributed by atoms with Crippen LogP contribution in [0.5, 0.6) is 0 Å². The molecule has 1 fully saturated rings. The van der Waals surface area contributed by atoms with E-state index in [1.54, 1.807) is 6.08 Å². The maximum atomic E-state index is 13.3. The van der Waals surface area contributed by atoms with Crippen molar-refractivity contribution in [1.82, 2.24) is 9.88 Å². The summed E-state index contributed by atoms with van der Waals surface area (Å²) in [7, 11) is 0. The first-order chi connectivity index (χ1) is 15.2. The van der Waals surface area contributed by atoms with Gasteiger partial charge in [-0.1, -0.05) is 12.1 Å². The van der Waals surface area contributed by atoms with Crippen molar-refractivity contribution < 1.29 is 14.0 Å². The number of amides is 2. The fraction of sp³-hybridized carbons (Fsp3) is 0.160. The first-order valence-corrected chi connectivity index (χ1v) is 10.5. The fourth-order valence-corrected chi connectivity index (χ4v) is 4.18. The average Bonchev–Trinajstić information content (AvgIpc) is 3.01. The van der Waals surface area contributed by atoms with Crippen molar-refractivity contribution in [3.05, 3.63) is 88.0 Å². The quantitative estimate of drug-likeness (QED) is 0.360. The van der Waals surface area contributed by atoms with Gasteiger partial charge in [0, 0.05) is 17.1 Å². The molecule has 2 aromatic carbocycles. The lowest BCUT2D eigenvalue weighted by Crippen LogP contribution is -2.54. The van der Waals surface area contributed by atoms with Crippen LogP contribution in [-0.4, -0.2) is 21.5 Å². The summed E-state index contributed by atoms with van der Waals surface area (Å²) in [5, 5.41) is 2.52. The van der Waals surface area contributed by atoms with E-state index >= 15 is 0 Å². The van der Waals surface area contributed by atoms with Crippen molar-refractivity contribution in [2.45, 2.75) is 27.7 Å². The van der Waals surface area contributed by atoms with Crippen molar-refractivity contribution >= 4 is 40.9 Å². The number of benzene rings is 2. The molecule has 3 aromatic rings. The zero-order valence-electron chi connectivity index (χ0n) is 18.2. The summed E-state index contributed by atoms with van der Waals surface area (Å²) in [6.45, 7) is 8.03. The molecule has 32 heavy (non-hydrogen) atoms. The Kier molecular flexibility index (Phi) is 5.52. The summed E-state index contributed by atoms with van der Waals surface area (Å²) in [6.07, 6.45) is 1.58. The van der Waals surface area contributed by atoms with Gasteiger partial charge in [0.25, 0.3) is 11.8 Å². The van der Waals surface area contributed by atoms with Gasteiger partial charge in [-0.05, 0) is 99.1 Å². The molecule has 2 heterocycles. The number of halogens is 1. The van der Waals surface area contributed by atoms with Crippen molar-refractivity contribution in [3.8, 4) is 5.69 Å². The Bertz CT molecular complexity index is 1310. The SMILES string of the molecule is Cc1ccc(C)c(-n2c(C)cc(/C=C3/C(=O)NC(=S)N(c4ccc(F)cc4)C3=O)c2C)c1. The first-order valence-electron chi connectivity index (χ1n) is 10.1. The minimum absolute atomic E-state index is 0.0374. The molecule has 1 saturated heterocycles. The third kappa shape index (κ3) is 3.76. The Balaban J connectivity index is 1.78. The summed E-state index contributed by atoms with van der Waals surface area (Å²) in [5.74, 6) is -1.54. The number of nitrogens with one attached hydrogen (secondary N) is 1. The second kappa shape index (κ2) is 8.16. The molecule has 1 aliphatic heterocycles. The number of hydrogen-bond acceptors (Lipinski definition) is 3. The van der Waals surface area contributed by atoms with Crippen molar-refractivity contribution in [2.24, 2.45) is 0 Å². The zero-order valence-corrected chi connectivity index (χ0v) is 19.0. The van der Waals surface area contributed by atoms with Crippen LogP contribution < -0.4 is 10.2 Å². The Morgan fingerprint density at radius 2 is 1.66 bits per heavy atom. The van der Waals surface area contributed by atoms with Crippen molar-refractivity contribution in [2.75, 3.05) is 4.90 Å². The zero-order chi connectivity index (χ0) is 23.2. The smallest absolute Gasteiger partial charge is 0.270 e. The number of aromatic nitrogens is 1. The monoisotopic (exact) mass is 447 g/mol. The number of anilines is 1. The minimum Gasteiger partial charge on any atom is -0.318 e. The summed E-state index contributed by atoms with van der Waals surface area (Å²) in [5.41, 5.74) is 6.31. The molecule has 5 nitrogen and oxygen atoms in total. The number of hydrogen-bond donors (Lipinski definition) is 1. The van der Waals surface area contributed by atoms with Crippen LogP contribution in [0.3, 0.4) is 0 Å². The van der Waals surface area contributed by atoms with Crippen LogP contribution in [0.4, 0.5) is 10.1 Å². The van der Waals surface area contributed by atoms with Gasteiger partial charge in [0.15, 0.2) is 5.11 Å². The van der Waals surface area contributed by atoms with Gasteiger partial charge < -0.3 is 4.57 Å². The van der Waals surface area contributed by atoms with Crippen LogP contribution in [0.25, 0.3) is 11.8 Å². The van der Waals surface area contributed by atoms with E-state index in [1.165, 1.54) is 29.2 Å². The molecule has 7 heteroatoms. The number of rotatable bonds is 3. The molecule has 0 aliphatic carbocycles. The van der Waals surface area contributed by atoms with Gasteiger partial charge in [-0.3, -0.25) is 19.8 Å². The third-order valence-electron chi connectivity index (χ3n) is 5.56. The van der Waals surface area contributed by atoms with E-state index < -0.39 is 17.6 Å². The van der Waals surface area contributed by atoms with E-state index in [-0.39, 0.29) is 10.7 Å². The summed E-state index contributed by atoms with van der Waals surface area (Å²) in [6, 6.07) is 13.6. The third-order valence-corrected chi connectivity index (χ3v) is 5.85. The normalized spacial score (nSPS) is 15.5. The Hall–Kier alpha value is -3.58. The van der Waals surface area contributed by atoms with Crippen LogP contribution in [0, 0.1) is 33.5 Å². The van der Waals surface area contributed by atoms with Gasteiger partial charge in [0.2, 0.25) is 0 Å². The Morgan fingerprint density at radius 3 is 2.34 bits per heavy atom. The van der Waals surface area contributed by atoms with Crippen molar-refractivity contribution in [3.63, 3.8) is 0 Å². The second-order valence-electron chi connectivity index (χ2n) is 7.89. The second-order valence-corrected chi connectivity index (χ2v) is 8.27. The molecule has 1 N–H and O–H groups in total. The van der Waals surface area contributed by atoms with Gasteiger partial charge >= 0.3 is 0 Å². The molecule has 4 rings (SSSR count). The van der Waals surface area contributed by atoms with Crippen LogP contribution in [0.2, 0.25) is 0 Å². The molecule has 1 aromatic heterocycles. The average molecular weight is 448 g/mol. The molecule has 162 valence electrons. The van der Waals surface area contributed by atoms with Gasteiger partial charge in [0.05, 0.1) is 5.69 Å². The highest BCUT2D eigenvalue weighted by Gasteiger charge is 2.34. The number of nitrogens with zero attached hydrogens (tertiary/aromatic N) is 2. The first kappa shape index (κ1) is 21.6. The summed E-state index contributed by atoms with van der Waals surface area (Å²) in [4.78, 5) is 27.1. The molecule has 2 amide bonds. The van der Waals surface area contributed by atoms with E-state index in [0.29, 0.717) is 5.69 Å². The van der Waals surface area contributed by atoms with Gasteiger partial charge in [-0.15, -0.1) is 0 Å². The molecule has 1 aliphatic rings. The highest BCUT2D eigenvalue weighted by molar-refractivity contribution is 7.80. The molecule has 0 radical (unpaired) electrons. The Morgan fingerprint density at radius 1 is 0.969 bits per heavy atom. The lowest BCUT2D eigenvalue weighted by molar-refractivity contribution is -0.122. The van der Waals surface area contributed by atoms with Crippen LogP contribution in [0.15, 0.2) is 54.1 Å². The largest absolute Gasteiger partial charge is 0.318 e. The van der Waals surface area contributed by atoms with E-state index in [0.717, 1.165) is 33.8 Å². The summed E-state index contributed by atoms with van der Waals surface area (Å²) >= 11 is 5.20. The highest BCUT2D eigenvalue weighted by Crippen LogP contribution is 2.27. The molecule has 0 unspecified atom stereocenters.